The summed E-state index contributed by atoms with van der Waals surface area (Å²) >= 11 is 0. The highest BCUT2D eigenvalue weighted by atomic mass is 32.2. The van der Waals surface area contributed by atoms with Gasteiger partial charge in [0.2, 0.25) is 0 Å². The second-order valence-corrected chi connectivity index (χ2v) is 1.62. The monoisotopic (exact) mass is 168 g/mol. The molecule has 0 aliphatic heterocycles. The van der Waals surface area contributed by atoms with Crippen molar-refractivity contribution in [3.05, 3.63) is 0 Å². The molecule has 0 aliphatic rings. The number of nitrogens with zero attached hydrogens (tertiary/aromatic N) is 1. The molecule has 0 heterocycles. The SMILES string of the molecule is CCN.O=C(O)N=S(=O)=O. The number of carboxylic acid groups (broad SMARTS) is 1. The third kappa shape index (κ3) is 27.7. The Hall–Kier alpha value is -0.950. The number of amides is 1. The van der Waals surface area contributed by atoms with E-state index in [1.807, 2.05) is 6.92 Å². The predicted molar refractivity (Wildman–Crippen MR) is 34.1 cm³/mol. The average Bonchev–Trinajstić information content (AvgIpc) is 1.62. The highest BCUT2D eigenvalue weighted by Crippen LogP contribution is 1.65. The molecule has 0 saturated carbocycles. The van der Waals surface area contributed by atoms with Crippen LogP contribution in [-0.4, -0.2) is 26.2 Å². The zero-order chi connectivity index (χ0) is 8.57. The second kappa shape index (κ2) is 8.05. The van der Waals surface area contributed by atoms with Gasteiger partial charge in [0.15, 0.2) is 0 Å². The number of rotatable bonds is 0. The Morgan fingerprint density at radius 3 is 2.00 bits per heavy atom. The van der Waals surface area contributed by atoms with E-state index in [9.17, 15) is 13.2 Å². The van der Waals surface area contributed by atoms with E-state index >= 15 is 0 Å². The molecule has 7 heteroatoms. The second-order valence-electron chi connectivity index (χ2n) is 0.999. The third-order valence-electron chi connectivity index (χ3n) is 0.153. The van der Waals surface area contributed by atoms with Crippen molar-refractivity contribution in [2.45, 2.75) is 6.92 Å². The normalized spacial score (nSPS) is 7.00. The topological polar surface area (TPSA) is 110 Å². The van der Waals surface area contributed by atoms with E-state index in [1.54, 1.807) is 0 Å². The minimum absolute atomic E-state index is 0.750. The van der Waals surface area contributed by atoms with Gasteiger partial charge in [-0.25, -0.2) is 4.79 Å². The zero-order valence-electron chi connectivity index (χ0n) is 5.31. The van der Waals surface area contributed by atoms with Gasteiger partial charge in [0.1, 0.15) is 0 Å². The molecular weight excluding hydrogens is 160 g/mol. The van der Waals surface area contributed by atoms with E-state index in [0.29, 0.717) is 0 Å². The molecule has 0 aromatic carbocycles. The lowest BCUT2D eigenvalue weighted by Crippen LogP contribution is -1.87. The molecule has 0 radical (unpaired) electrons. The molecule has 0 aliphatic carbocycles. The summed E-state index contributed by atoms with van der Waals surface area (Å²) < 4.78 is 20.6. The molecule has 1 amide bonds. The molecule has 0 spiro atoms. The van der Waals surface area contributed by atoms with Gasteiger partial charge in [-0.3, -0.25) is 0 Å². The maximum atomic E-state index is 9.26. The predicted octanol–water partition coefficient (Wildman–Crippen LogP) is -0.308. The lowest BCUT2D eigenvalue weighted by Gasteiger charge is -1.62. The van der Waals surface area contributed by atoms with Crippen LogP contribution in [0.15, 0.2) is 4.36 Å². The van der Waals surface area contributed by atoms with Gasteiger partial charge in [0, 0.05) is 0 Å². The van der Waals surface area contributed by atoms with Crippen molar-refractivity contribution in [3.8, 4) is 0 Å². The molecule has 3 N–H and O–H groups in total. The number of hydrogen-bond donors (Lipinski definition) is 2. The maximum Gasteiger partial charge on any atom is 0.446 e. The smallest absolute Gasteiger partial charge is 0.446 e. The standard InChI is InChI=1S/C2H7N.CHNO4S/c1-2-3;3-1(4)2-7(5)6/h2-3H2,1H3;(H,3,4). The Labute approximate surface area is 59.4 Å². The first-order chi connectivity index (χ1) is 4.54. The fourth-order valence-electron chi connectivity index (χ4n) is 0.0638. The fraction of sp³-hybridized carbons (Fsp3) is 0.667. The van der Waals surface area contributed by atoms with Crippen molar-refractivity contribution in [1.82, 2.24) is 0 Å². The lowest BCUT2D eigenvalue weighted by atomic mass is 10.8. The van der Waals surface area contributed by atoms with Crippen molar-refractivity contribution in [3.63, 3.8) is 0 Å². The van der Waals surface area contributed by atoms with Gasteiger partial charge in [-0.1, -0.05) is 11.3 Å². The van der Waals surface area contributed by atoms with Crippen molar-refractivity contribution >= 4 is 16.6 Å². The van der Waals surface area contributed by atoms with Gasteiger partial charge in [0.05, 0.1) is 0 Å². The third-order valence-corrected chi connectivity index (χ3v) is 0.458. The molecule has 0 aromatic heterocycles. The lowest BCUT2D eigenvalue weighted by molar-refractivity contribution is 0.206. The summed E-state index contributed by atoms with van der Waals surface area (Å²) in [6.07, 6.45) is -1.70. The number of carbonyl (C=O) groups is 1. The molecule has 0 aromatic rings. The van der Waals surface area contributed by atoms with E-state index < -0.39 is 16.6 Å². The fourth-order valence-corrected chi connectivity index (χ4v) is 0.191. The van der Waals surface area contributed by atoms with Crippen LogP contribution >= 0.6 is 0 Å². The highest BCUT2D eigenvalue weighted by molar-refractivity contribution is 7.62. The Kier molecular flexibility index (Phi) is 9.50. The Morgan fingerprint density at radius 1 is 1.70 bits per heavy atom. The minimum Gasteiger partial charge on any atom is -0.463 e. The van der Waals surface area contributed by atoms with Gasteiger partial charge in [0.25, 0.3) is 0 Å². The van der Waals surface area contributed by atoms with Crippen molar-refractivity contribution < 1.29 is 18.3 Å². The van der Waals surface area contributed by atoms with Gasteiger partial charge in [-0.05, 0) is 6.54 Å². The molecule has 10 heavy (non-hydrogen) atoms. The van der Waals surface area contributed by atoms with Crippen LogP contribution in [0.25, 0.3) is 0 Å². The quantitative estimate of drug-likeness (QED) is 0.515. The largest absolute Gasteiger partial charge is 0.463 e. The molecule has 60 valence electrons. The van der Waals surface area contributed by atoms with Crippen molar-refractivity contribution in [2.75, 3.05) is 6.54 Å². The van der Waals surface area contributed by atoms with E-state index in [-0.39, 0.29) is 0 Å². The summed E-state index contributed by atoms with van der Waals surface area (Å²) in [5, 5.41) is 7.52. The van der Waals surface area contributed by atoms with Crippen LogP contribution in [0.1, 0.15) is 6.92 Å². The van der Waals surface area contributed by atoms with Gasteiger partial charge in [-0.15, -0.1) is 0 Å². The Balaban J connectivity index is 0. The first-order valence-corrected chi connectivity index (χ1v) is 3.31. The van der Waals surface area contributed by atoms with E-state index in [1.165, 1.54) is 0 Å². The molecular formula is C3H8N2O4S. The molecule has 0 rings (SSSR count). The van der Waals surface area contributed by atoms with Gasteiger partial charge >= 0.3 is 16.6 Å². The maximum absolute atomic E-state index is 9.26. The summed E-state index contributed by atoms with van der Waals surface area (Å²) in [5.41, 5.74) is 4.85. The summed E-state index contributed by atoms with van der Waals surface area (Å²) in [6.45, 7) is 2.65. The number of nitrogens with two attached hydrogens (primary N) is 1. The zero-order valence-corrected chi connectivity index (χ0v) is 6.13. The molecule has 0 atom stereocenters. The van der Waals surface area contributed by atoms with E-state index in [4.69, 9.17) is 10.8 Å². The summed E-state index contributed by atoms with van der Waals surface area (Å²) in [7, 11) is -2.82. The van der Waals surface area contributed by atoms with E-state index in [0.717, 1.165) is 6.54 Å². The highest BCUT2D eigenvalue weighted by Gasteiger charge is 1.84. The van der Waals surface area contributed by atoms with Gasteiger partial charge in [-0.2, -0.15) is 8.42 Å². The van der Waals surface area contributed by atoms with E-state index in [2.05, 4.69) is 4.36 Å². The van der Waals surface area contributed by atoms with Crippen LogP contribution < -0.4 is 5.73 Å². The first-order valence-electron chi connectivity index (χ1n) is 2.28. The molecule has 0 saturated heterocycles. The van der Waals surface area contributed by atoms with Crippen LogP contribution in [0.3, 0.4) is 0 Å². The summed E-state index contributed by atoms with van der Waals surface area (Å²) in [4.78, 5) is 9.25. The Bertz CT molecular complexity index is 199. The summed E-state index contributed by atoms with van der Waals surface area (Å²) in [6, 6.07) is 0. The Morgan fingerprint density at radius 2 is 2.00 bits per heavy atom. The molecule has 0 unspecified atom stereocenters. The van der Waals surface area contributed by atoms with Crippen LogP contribution in [0, 0.1) is 0 Å². The molecule has 0 bridgehead atoms. The average molecular weight is 168 g/mol. The first kappa shape index (κ1) is 11.8. The van der Waals surface area contributed by atoms with Gasteiger partial charge < -0.3 is 10.8 Å². The van der Waals surface area contributed by atoms with Crippen LogP contribution in [0.5, 0.6) is 0 Å². The minimum atomic E-state index is -2.82. The summed E-state index contributed by atoms with van der Waals surface area (Å²) in [5.74, 6) is 0. The molecule has 6 nitrogen and oxygen atoms in total. The van der Waals surface area contributed by atoms with Crippen LogP contribution in [0.4, 0.5) is 4.79 Å². The van der Waals surface area contributed by atoms with Crippen molar-refractivity contribution in [2.24, 2.45) is 10.1 Å². The van der Waals surface area contributed by atoms with Crippen molar-refractivity contribution in [1.29, 1.82) is 0 Å². The van der Waals surface area contributed by atoms with Crippen LogP contribution in [0.2, 0.25) is 0 Å². The van der Waals surface area contributed by atoms with Crippen LogP contribution in [-0.2, 0) is 10.5 Å². The number of hydrogen-bond acceptors (Lipinski definition) is 4. The molecule has 0 fully saturated rings.